The zero-order valence-electron chi connectivity index (χ0n) is 11.5. The fourth-order valence-corrected chi connectivity index (χ4v) is 4.83. The molecule has 1 aliphatic heterocycles. The highest BCUT2D eigenvalue weighted by molar-refractivity contribution is 9.10. The first-order valence-electron chi connectivity index (χ1n) is 6.37. The molecule has 2 heterocycles. The maximum atomic E-state index is 12.1. The number of hydrogen-bond donors (Lipinski definition) is 1. The topological polar surface area (TPSA) is 73.2 Å². The highest BCUT2D eigenvalue weighted by Crippen LogP contribution is 2.25. The first kappa shape index (κ1) is 16.7. The van der Waals surface area contributed by atoms with E-state index in [1.54, 1.807) is 6.20 Å². The van der Waals surface area contributed by atoms with Crippen LogP contribution in [0.1, 0.15) is 0 Å². The smallest absolute Gasteiger partial charge is 0.327 e. The van der Waals surface area contributed by atoms with Gasteiger partial charge in [-0.25, -0.2) is 4.68 Å². The number of aromatic nitrogens is 2. The Morgan fingerprint density at radius 1 is 1.62 bits per heavy atom. The van der Waals surface area contributed by atoms with Gasteiger partial charge in [0.15, 0.2) is 0 Å². The molecule has 1 atom stereocenters. The lowest BCUT2D eigenvalue weighted by Gasteiger charge is -2.21. The summed E-state index contributed by atoms with van der Waals surface area (Å²) in [5.74, 6) is 2.97. The second-order valence-electron chi connectivity index (χ2n) is 4.36. The van der Waals surface area contributed by atoms with E-state index in [4.69, 9.17) is 0 Å². The SMILES string of the molecule is COC(=O)Cn1ncc(NCC2CSCCS2)c(Br)c1=O. The number of nitrogens with zero attached hydrogens (tertiary/aromatic N) is 2. The summed E-state index contributed by atoms with van der Waals surface area (Å²) in [6.07, 6.45) is 1.55. The molecule has 0 spiro atoms. The molecule has 0 saturated carbocycles. The average molecular weight is 394 g/mol. The van der Waals surface area contributed by atoms with Gasteiger partial charge < -0.3 is 10.1 Å². The van der Waals surface area contributed by atoms with E-state index in [2.05, 4.69) is 31.1 Å². The lowest BCUT2D eigenvalue weighted by Crippen LogP contribution is -2.29. The molecule has 1 unspecified atom stereocenters. The molecular weight excluding hydrogens is 378 g/mol. The minimum atomic E-state index is -0.507. The second kappa shape index (κ2) is 8.09. The van der Waals surface area contributed by atoms with E-state index in [-0.39, 0.29) is 12.1 Å². The van der Waals surface area contributed by atoms with Crippen LogP contribution in [0.5, 0.6) is 0 Å². The van der Waals surface area contributed by atoms with Crippen LogP contribution >= 0.6 is 39.5 Å². The van der Waals surface area contributed by atoms with Crippen molar-refractivity contribution in [3.05, 3.63) is 21.0 Å². The van der Waals surface area contributed by atoms with Gasteiger partial charge in [0.2, 0.25) is 0 Å². The maximum absolute atomic E-state index is 12.1. The minimum Gasteiger partial charge on any atom is -0.468 e. The van der Waals surface area contributed by atoms with E-state index in [9.17, 15) is 9.59 Å². The average Bonchev–Trinajstić information content (AvgIpc) is 2.52. The number of halogens is 1. The third-order valence-electron chi connectivity index (χ3n) is 2.90. The van der Waals surface area contributed by atoms with Crippen molar-refractivity contribution >= 4 is 51.1 Å². The molecular formula is C12H16BrN3O3S2. The van der Waals surface area contributed by atoms with E-state index >= 15 is 0 Å². The normalized spacial score (nSPS) is 18.3. The van der Waals surface area contributed by atoms with Gasteiger partial charge in [0, 0.05) is 29.1 Å². The largest absolute Gasteiger partial charge is 0.468 e. The summed E-state index contributed by atoms with van der Waals surface area (Å²) in [5.41, 5.74) is 0.299. The molecule has 0 aliphatic carbocycles. The molecule has 116 valence electrons. The van der Waals surface area contributed by atoms with E-state index in [0.717, 1.165) is 22.7 Å². The van der Waals surface area contributed by atoms with Crippen LogP contribution in [0.25, 0.3) is 0 Å². The van der Waals surface area contributed by atoms with Crippen LogP contribution in [0.4, 0.5) is 5.69 Å². The van der Waals surface area contributed by atoms with Crippen molar-refractivity contribution in [2.24, 2.45) is 0 Å². The molecule has 1 aromatic rings. The summed E-state index contributed by atoms with van der Waals surface area (Å²) < 4.78 is 5.99. The van der Waals surface area contributed by atoms with Gasteiger partial charge in [0.25, 0.3) is 5.56 Å². The van der Waals surface area contributed by atoms with Crippen LogP contribution in [-0.2, 0) is 16.1 Å². The molecule has 1 fully saturated rings. The summed E-state index contributed by atoms with van der Waals surface area (Å²) in [7, 11) is 1.28. The van der Waals surface area contributed by atoms with Crippen LogP contribution in [0.15, 0.2) is 15.5 Å². The van der Waals surface area contributed by atoms with Gasteiger partial charge in [-0.1, -0.05) is 0 Å². The molecule has 0 aromatic carbocycles. The molecule has 1 aliphatic rings. The van der Waals surface area contributed by atoms with Crippen molar-refractivity contribution < 1.29 is 9.53 Å². The Bertz CT molecular complexity index is 561. The lowest BCUT2D eigenvalue weighted by molar-refractivity contribution is -0.141. The monoisotopic (exact) mass is 393 g/mol. The van der Waals surface area contributed by atoms with Gasteiger partial charge in [-0.05, 0) is 15.9 Å². The van der Waals surface area contributed by atoms with Gasteiger partial charge >= 0.3 is 5.97 Å². The number of carbonyl (C=O) groups excluding carboxylic acids is 1. The minimum absolute atomic E-state index is 0.191. The Kier molecular flexibility index (Phi) is 6.43. The van der Waals surface area contributed by atoms with Crippen molar-refractivity contribution in [3.63, 3.8) is 0 Å². The molecule has 1 aromatic heterocycles. The van der Waals surface area contributed by atoms with Gasteiger partial charge in [-0.3, -0.25) is 9.59 Å². The van der Waals surface area contributed by atoms with Crippen molar-refractivity contribution in [3.8, 4) is 0 Å². The predicted octanol–water partition coefficient (Wildman–Crippen LogP) is 1.44. The van der Waals surface area contributed by atoms with Crippen LogP contribution in [0.2, 0.25) is 0 Å². The number of nitrogens with one attached hydrogen (secondary N) is 1. The fourth-order valence-electron chi connectivity index (χ4n) is 1.77. The Hall–Kier alpha value is -0.670. The number of rotatable bonds is 5. The highest BCUT2D eigenvalue weighted by atomic mass is 79.9. The number of carbonyl (C=O) groups is 1. The van der Waals surface area contributed by atoms with Gasteiger partial charge in [-0.2, -0.15) is 28.6 Å². The molecule has 0 radical (unpaired) electrons. The molecule has 1 saturated heterocycles. The maximum Gasteiger partial charge on any atom is 0.327 e. The molecule has 9 heteroatoms. The van der Waals surface area contributed by atoms with Crippen molar-refractivity contribution in [1.82, 2.24) is 9.78 Å². The predicted molar refractivity (Wildman–Crippen MR) is 90.3 cm³/mol. The summed E-state index contributed by atoms with van der Waals surface area (Å²) in [5, 5.41) is 7.77. The van der Waals surface area contributed by atoms with E-state index in [1.807, 2.05) is 23.5 Å². The van der Waals surface area contributed by atoms with Crippen LogP contribution in [-0.4, -0.2) is 51.9 Å². The summed E-state index contributed by atoms with van der Waals surface area (Å²) in [6, 6.07) is 0. The lowest BCUT2D eigenvalue weighted by atomic mass is 10.4. The Morgan fingerprint density at radius 2 is 2.43 bits per heavy atom. The first-order valence-corrected chi connectivity index (χ1v) is 9.37. The molecule has 1 N–H and O–H groups in total. The number of thioether (sulfide) groups is 2. The van der Waals surface area contributed by atoms with Gasteiger partial charge in [0.05, 0.1) is 19.0 Å². The number of ether oxygens (including phenoxy) is 1. The number of hydrogen-bond acceptors (Lipinski definition) is 7. The second-order valence-corrected chi connectivity index (χ2v) is 7.71. The standard InChI is InChI=1S/C12H16BrN3O3S2/c1-19-10(17)6-16-12(18)11(13)9(5-15-16)14-4-8-7-20-2-3-21-8/h5,8,14H,2-4,6-7H2,1H3. The van der Waals surface area contributed by atoms with Crippen molar-refractivity contribution in [2.75, 3.05) is 36.2 Å². The van der Waals surface area contributed by atoms with Gasteiger partial charge in [-0.15, -0.1) is 0 Å². The zero-order valence-corrected chi connectivity index (χ0v) is 14.7. The fraction of sp³-hybridized carbons (Fsp3) is 0.583. The molecule has 6 nitrogen and oxygen atoms in total. The quantitative estimate of drug-likeness (QED) is 0.758. The van der Waals surface area contributed by atoms with Crippen LogP contribution in [0, 0.1) is 0 Å². The van der Waals surface area contributed by atoms with E-state index in [0.29, 0.717) is 15.4 Å². The van der Waals surface area contributed by atoms with E-state index in [1.165, 1.54) is 12.9 Å². The van der Waals surface area contributed by atoms with Gasteiger partial charge in [0.1, 0.15) is 11.0 Å². The molecule has 2 rings (SSSR count). The van der Waals surface area contributed by atoms with Crippen LogP contribution < -0.4 is 10.9 Å². The first-order chi connectivity index (χ1) is 10.1. The highest BCUT2D eigenvalue weighted by Gasteiger charge is 2.16. The number of esters is 1. The summed E-state index contributed by atoms with van der Waals surface area (Å²) >= 11 is 7.16. The number of anilines is 1. The zero-order chi connectivity index (χ0) is 15.2. The Labute approximate surface area is 139 Å². The molecule has 0 amide bonds. The third kappa shape index (κ3) is 4.65. The van der Waals surface area contributed by atoms with Crippen LogP contribution in [0.3, 0.4) is 0 Å². The summed E-state index contributed by atoms with van der Waals surface area (Å²) in [4.78, 5) is 23.3. The summed E-state index contributed by atoms with van der Waals surface area (Å²) in [6.45, 7) is 0.599. The van der Waals surface area contributed by atoms with Crippen molar-refractivity contribution in [1.29, 1.82) is 0 Å². The third-order valence-corrected chi connectivity index (χ3v) is 6.51. The molecule has 21 heavy (non-hydrogen) atoms. The van der Waals surface area contributed by atoms with E-state index < -0.39 is 5.97 Å². The Balaban J connectivity index is 2.02. The number of methoxy groups -OCH3 is 1. The molecule has 0 bridgehead atoms. The van der Waals surface area contributed by atoms with Crippen molar-refractivity contribution in [2.45, 2.75) is 11.8 Å². The Morgan fingerprint density at radius 3 is 3.10 bits per heavy atom.